The summed E-state index contributed by atoms with van der Waals surface area (Å²) in [6, 6.07) is 23.3. The Bertz CT molecular complexity index is 1190. The topological polar surface area (TPSA) is 75.7 Å². The number of carbonyl (C=O) groups excluding carboxylic acids is 1. The second-order valence-electron chi connectivity index (χ2n) is 8.11. The number of nitrogens with zero attached hydrogens (tertiary/aromatic N) is 1. The third-order valence-corrected chi connectivity index (χ3v) is 7.41. The number of ether oxygens (including phenoxy) is 1. The van der Waals surface area contributed by atoms with Gasteiger partial charge in [0.25, 0.3) is 5.91 Å². The molecule has 0 aliphatic carbocycles. The number of hydrogen-bond acceptors (Lipinski definition) is 5. The molecule has 0 radical (unpaired) electrons. The summed E-state index contributed by atoms with van der Waals surface area (Å²) in [6.45, 7) is 4.53. The number of amides is 1. The van der Waals surface area contributed by atoms with Gasteiger partial charge in [0, 0.05) is 31.7 Å². The van der Waals surface area contributed by atoms with Gasteiger partial charge in [-0.3, -0.25) is 9.69 Å². The van der Waals surface area contributed by atoms with Gasteiger partial charge in [0.2, 0.25) is 0 Å². The Kier molecular flexibility index (Phi) is 7.54. The zero-order valence-corrected chi connectivity index (χ0v) is 19.3. The zero-order valence-electron chi connectivity index (χ0n) is 18.4. The lowest BCUT2D eigenvalue weighted by molar-refractivity contribution is 0.0340. The van der Waals surface area contributed by atoms with Crippen LogP contribution in [-0.2, 0) is 33.4 Å². The first kappa shape index (κ1) is 23.2. The van der Waals surface area contributed by atoms with Crippen molar-refractivity contribution in [2.45, 2.75) is 23.7 Å². The Morgan fingerprint density at radius 2 is 1.58 bits per heavy atom. The van der Waals surface area contributed by atoms with Gasteiger partial charge in [-0.2, -0.15) is 0 Å². The first-order valence-corrected chi connectivity index (χ1v) is 12.7. The van der Waals surface area contributed by atoms with Gasteiger partial charge in [-0.15, -0.1) is 0 Å². The summed E-state index contributed by atoms with van der Waals surface area (Å²) in [5.41, 5.74) is 3.28. The highest BCUT2D eigenvalue weighted by molar-refractivity contribution is 7.90. The molecule has 1 N–H and O–H groups in total. The molecule has 1 fully saturated rings. The molecule has 1 aliphatic heterocycles. The van der Waals surface area contributed by atoms with E-state index in [-0.39, 0.29) is 16.6 Å². The van der Waals surface area contributed by atoms with E-state index >= 15 is 0 Å². The molecule has 1 heterocycles. The molecule has 0 unspecified atom stereocenters. The average Bonchev–Trinajstić information content (AvgIpc) is 2.84. The highest BCUT2D eigenvalue weighted by atomic mass is 32.2. The Morgan fingerprint density at radius 1 is 0.879 bits per heavy atom. The van der Waals surface area contributed by atoms with Crippen LogP contribution in [-0.4, -0.2) is 45.5 Å². The number of carbonyl (C=O) groups is 1. The Hall–Kier alpha value is -3.00. The van der Waals surface area contributed by atoms with E-state index in [0.717, 1.165) is 38.4 Å². The molecule has 0 saturated carbocycles. The highest BCUT2D eigenvalue weighted by Crippen LogP contribution is 2.18. The van der Waals surface area contributed by atoms with E-state index in [9.17, 15) is 13.2 Å². The fraction of sp³-hybridized carbons (Fsp3) is 0.269. The van der Waals surface area contributed by atoms with Crippen molar-refractivity contribution in [1.29, 1.82) is 0 Å². The second kappa shape index (κ2) is 10.7. The number of benzene rings is 3. The lowest BCUT2D eigenvalue weighted by atomic mass is 10.1. The molecule has 33 heavy (non-hydrogen) atoms. The summed E-state index contributed by atoms with van der Waals surface area (Å²) >= 11 is 0. The smallest absolute Gasteiger partial charge is 0.251 e. The molecule has 172 valence electrons. The summed E-state index contributed by atoms with van der Waals surface area (Å²) in [4.78, 5) is 15.4. The normalized spacial score (nSPS) is 14.7. The molecule has 0 aromatic heterocycles. The monoisotopic (exact) mass is 464 g/mol. The fourth-order valence-electron chi connectivity index (χ4n) is 3.89. The Labute approximate surface area is 195 Å². The predicted molar refractivity (Wildman–Crippen MR) is 127 cm³/mol. The SMILES string of the molecule is O=C(NCc1ccccc1CN1CCOCC1)c1cccc(CS(=O)(=O)c2ccccc2)c1. The van der Waals surface area contributed by atoms with Crippen LogP contribution in [0.3, 0.4) is 0 Å². The number of hydrogen-bond donors (Lipinski definition) is 1. The van der Waals surface area contributed by atoms with Crippen LogP contribution in [0.4, 0.5) is 0 Å². The lowest BCUT2D eigenvalue weighted by Crippen LogP contribution is -2.36. The molecule has 6 nitrogen and oxygen atoms in total. The maximum Gasteiger partial charge on any atom is 0.251 e. The van der Waals surface area contributed by atoms with Gasteiger partial charge < -0.3 is 10.1 Å². The van der Waals surface area contributed by atoms with Crippen LogP contribution in [0.2, 0.25) is 0 Å². The van der Waals surface area contributed by atoms with Crippen molar-refractivity contribution < 1.29 is 17.9 Å². The van der Waals surface area contributed by atoms with Gasteiger partial charge in [0.05, 0.1) is 23.9 Å². The first-order valence-electron chi connectivity index (χ1n) is 11.0. The molecular weight excluding hydrogens is 436 g/mol. The van der Waals surface area contributed by atoms with Gasteiger partial charge in [-0.1, -0.05) is 54.6 Å². The van der Waals surface area contributed by atoms with E-state index in [1.807, 2.05) is 18.2 Å². The summed E-state index contributed by atoms with van der Waals surface area (Å²) in [7, 11) is -3.48. The third kappa shape index (κ3) is 6.28. The Morgan fingerprint density at radius 3 is 2.33 bits per heavy atom. The largest absolute Gasteiger partial charge is 0.379 e. The van der Waals surface area contributed by atoms with Crippen LogP contribution >= 0.6 is 0 Å². The highest BCUT2D eigenvalue weighted by Gasteiger charge is 2.17. The van der Waals surface area contributed by atoms with Crippen molar-refractivity contribution in [1.82, 2.24) is 10.2 Å². The molecular formula is C26H28N2O4S. The maximum atomic E-state index is 12.8. The molecule has 3 aromatic carbocycles. The average molecular weight is 465 g/mol. The molecule has 3 aromatic rings. The van der Waals surface area contributed by atoms with Gasteiger partial charge in [-0.05, 0) is 41.0 Å². The van der Waals surface area contributed by atoms with Crippen molar-refractivity contribution in [2.75, 3.05) is 26.3 Å². The predicted octanol–water partition coefficient (Wildman–Crippen LogP) is 3.42. The quantitative estimate of drug-likeness (QED) is 0.553. The van der Waals surface area contributed by atoms with Crippen molar-refractivity contribution in [3.63, 3.8) is 0 Å². The van der Waals surface area contributed by atoms with Gasteiger partial charge in [0.15, 0.2) is 9.84 Å². The molecule has 4 rings (SSSR count). The van der Waals surface area contributed by atoms with Crippen LogP contribution in [0, 0.1) is 0 Å². The number of sulfone groups is 1. The van der Waals surface area contributed by atoms with Crippen LogP contribution in [0.25, 0.3) is 0 Å². The van der Waals surface area contributed by atoms with Gasteiger partial charge in [0.1, 0.15) is 0 Å². The first-order chi connectivity index (χ1) is 16.0. The van der Waals surface area contributed by atoms with E-state index in [0.29, 0.717) is 17.7 Å². The lowest BCUT2D eigenvalue weighted by Gasteiger charge is -2.27. The summed E-state index contributed by atoms with van der Waals surface area (Å²) in [5.74, 6) is -0.379. The van der Waals surface area contributed by atoms with Crippen LogP contribution < -0.4 is 5.32 Å². The van der Waals surface area contributed by atoms with Crippen molar-refractivity contribution >= 4 is 15.7 Å². The molecule has 1 aliphatic rings. The van der Waals surface area contributed by atoms with E-state index in [4.69, 9.17) is 4.74 Å². The molecule has 0 bridgehead atoms. The van der Waals surface area contributed by atoms with Gasteiger partial charge >= 0.3 is 0 Å². The summed E-state index contributed by atoms with van der Waals surface area (Å²) in [5, 5.41) is 2.98. The summed E-state index contributed by atoms with van der Waals surface area (Å²) < 4.78 is 30.8. The van der Waals surface area contributed by atoms with E-state index in [1.165, 1.54) is 5.56 Å². The molecule has 1 saturated heterocycles. The summed E-state index contributed by atoms with van der Waals surface area (Å²) in [6.07, 6.45) is 0. The van der Waals surface area contributed by atoms with Crippen molar-refractivity contribution in [2.24, 2.45) is 0 Å². The minimum absolute atomic E-state index is 0.152. The zero-order chi connectivity index (χ0) is 23.1. The van der Waals surface area contributed by atoms with E-state index < -0.39 is 9.84 Å². The van der Waals surface area contributed by atoms with Crippen LogP contribution in [0.15, 0.2) is 83.8 Å². The number of morpholine rings is 1. The van der Waals surface area contributed by atoms with E-state index in [2.05, 4.69) is 16.3 Å². The van der Waals surface area contributed by atoms with Crippen LogP contribution in [0.5, 0.6) is 0 Å². The fourth-order valence-corrected chi connectivity index (χ4v) is 5.25. The van der Waals surface area contributed by atoms with Crippen molar-refractivity contribution in [3.8, 4) is 0 Å². The minimum atomic E-state index is -3.48. The number of nitrogens with one attached hydrogen (secondary N) is 1. The molecule has 0 spiro atoms. The number of rotatable bonds is 8. The maximum absolute atomic E-state index is 12.8. The van der Waals surface area contributed by atoms with Gasteiger partial charge in [-0.25, -0.2) is 8.42 Å². The van der Waals surface area contributed by atoms with E-state index in [1.54, 1.807) is 54.6 Å². The molecule has 1 amide bonds. The molecule has 7 heteroatoms. The molecule has 0 atom stereocenters. The van der Waals surface area contributed by atoms with Crippen LogP contribution in [0.1, 0.15) is 27.0 Å². The minimum Gasteiger partial charge on any atom is -0.379 e. The standard InChI is InChI=1S/C26H28N2O4S/c29-26(27-18-23-8-4-5-9-24(23)19-28-13-15-32-16-14-28)22-10-6-7-21(17-22)20-33(30,31)25-11-2-1-3-12-25/h1-12,17H,13-16,18-20H2,(H,27,29). The van der Waals surface area contributed by atoms with Crippen molar-refractivity contribution in [3.05, 3.63) is 101 Å². The second-order valence-corrected chi connectivity index (χ2v) is 10.1. The Balaban J connectivity index is 1.41. The third-order valence-electron chi connectivity index (χ3n) is 5.70.